The van der Waals surface area contributed by atoms with Crippen molar-refractivity contribution >= 4 is 39.1 Å². The Balaban J connectivity index is 2.15. The molecule has 104 valence electrons. The van der Waals surface area contributed by atoms with E-state index in [2.05, 4.69) is 33.5 Å². The van der Waals surface area contributed by atoms with E-state index < -0.39 is 0 Å². The van der Waals surface area contributed by atoms with E-state index in [9.17, 15) is 4.79 Å². The normalized spacial score (nSPS) is 18.1. The second-order valence-corrected chi connectivity index (χ2v) is 6.29. The zero-order valence-corrected chi connectivity index (χ0v) is 13.3. The number of rotatable bonds is 3. The average molecular weight is 346 g/mol. The highest BCUT2D eigenvalue weighted by Gasteiger charge is 2.37. The molecule has 1 aliphatic rings. The molecule has 0 radical (unpaired) electrons. The molecule has 2 rings (SSSR count). The monoisotopic (exact) mass is 344 g/mol. The molecule has 1 aromatic carbocycles. The van der Waals surface area contributed by atoms with E-state index in [0.29, 0.717) is 10.7 Å². The minimum Gasteiger partial charge on any atom is -0.324 e. The largest absolute Gasteiger partial charge is 0.324 e. The topological polar surface area (TPSA) is 41.1 Å². The Morgan fingerprint density at radius 3 is 2.74 bits per heavy atom. The van der Waals surface area contributed by atoms with E-state index in [-0.39, 0.29) is 11.3 Å². The lowest BCUT2D eigenvalue weighted by Crippen LogP contribution is -2.44. The second-order valence-electron chi connectivity index (χ2n) is 4.96. The van der Waals surface area contributed by atoms with Crippen molar-refractivity contribution in [3.63, 3.8) is 0 Å². The van der Waals surface area contributed by atoms with Crippen LogP contribution in [0.1, 0.15) is 26.2 Å². The molecule has 2 N–H and O–H groups in total. The first-order valence-electron chi connectivity index (χ1n) is 6.54. The summed E-state index contributed by atoms with van der Waals surface area (Å²) >= 11 is 9.50. The molecule has 1 fully saturated rings. The highest BCUT2D eigenvalue weighted by Crippen LogP contribution is 2.35. The number of anilines is 1. The third-order valence-corrected chi connectivity index (χ3v) is 4.70. The van der Waals surface area contributed by atoms with E-state index in [1.54, 1.807) is 6.07 Å². The van der Waals surface area contributed by atoms with Crippen LogP contribution in [0.25, 0.3) is 0 Å². The number of carbonyl (C=O) groups is 1. The zero-order chi connectivity index (χ0) is 13.9. The van der Waals surface area contributed by atoms with E-state index in [0.717, 1.165) is 36.8 Å². The fourth-order valence-electron chi connectivity index (χ4n) is 2.49. The SMILES string of the molecule is CCC1(C(=O)Nc2ccc(Br)cc2Cl)CCNCC1. The van der Waals surface area contributed by atoms with Gasteiger partial charge in [-0.15, -0.1) is 0 Å². The number of halogens is 2. The fourth-order valence-corrected chi connectivity index (χ4v) is 3.21. The lowest BCUT2D eigenvalue weighted by atomic mass is 9.76. The highest BCUT2D eigenvalue weighted by molar-refractivity contribution is 9.10. The van der Waals surface area contributed by atoms with E-state index in [1.165, 1.54) is 0 Å². The average Bonchev–Trinajstić information content (AvgIpc) is 2.42. The summed E-state index contributed by atoms with van der Waals surface area (Å²) in [4.78, 5) is 12.5. The molecule has 0 bridgehead atoms. The Labute approximate surface area is 127 Å². The first kappa shape index (κ1) is 14.8. The lowest BCUT2D eigenvalue weighted by molar-refractivity contribution is -0.127. The summed E-state index contributed by atoms with van der Waals surface area (Å²) in [6.07, 6.45) is 2.61. The Bertz CT molecular complexity index is 473. The zero-order valence-electron chi connectivity index (χ0n) is 10.9. The quantitative estimate of drug-likeness (QED) is 0.874. The molecule has 1 saturated heterocycles. The van der Waals surface area contributed by atoms with Gasteiger partial charge in [-0.3, -0.25) is 4.79 Å². The van der Waals surface area contributed by atoms with Crippen LogP contribution in [-0.4, -0.2) is 19.0 Å². The molecule has 1 aromatic rings. The van der Waals surface area contributed by atoms with Gasteiger partial charge in [-0.1, -0.05) is 34.5 Å². The molecule has 1 heterocycles. The Morgan fingerprint density at radius 2 is 2.16 bits per heavy atom. The number of hydrogen-bond acceptors (Lipinski definition) is 2. The fraction of sp³-hybridized carbons (Fsp3) is 0.500. The summed E-state index contributed by atoms with van der Waals surface area (Å²) in [5.41, 5.74) is 0.419. The summed E-state index contributed by atoms with van der Waals surface area (Å²) in [6, 6.07) is 5.50. The minimum absolute atomic E-state index is 0.0840. The van der Waals surface area contributed by atoms with Gasteiger partial charge in [0.15, 0.2) is 0 Å². The predicted octanol–water partition coefficient (Wildman–Crippen LogP) is 3.82. The van der Waals surface area contributed by atoms with Crippen molar-refractivity contribution in [2.24, 2.45) is 5.41 Å². The van der Waals surface area contributed by atoms with Crippen LogP contribution in [0.4, 0.5) is 5.69 Å². The van der Waals surface area contributed by atoms with Crippen LogP contribution >= 0.6 is 27.5 Å². The number of piperidine rings is 1. The number of hydrogen-bond donors (Lipinski definition) is 2. The molecular weight excluding hydrogens is 328 g/mol. The molecule has 0 unspecified atom stereocenters. The summed E-state index contributed by atoms with van der Waals surface area (Å²) in [6.45, 7) is 3.87. The van der Waals surface area contributed by atoms with Crippen LogP contribution in [0.15, 0.2) is 22.7 Å². The van der Waals surface area contributed by atoms with Crippen molar-refractivity contribution in [2.75, 3.05) is 18.4 Å². The minimum atomic E-state index is -0.262. The molecule has 0 saturated carbocycles. The number of carbonyl (C=O) groups excluding carboxylic acids is 1. The number of amides is 1. The second kappa shape index (κ2) is 6.25. The van der Waals surface area contributed by atoms with Gasteiger partial charge < -0.3 is 10.6 Å². The number of benzene rings is 1. The van der Waals surface area contributed by atoms with Gasteiger partial charge in [0.05, 0.1) is 16.1 Å². The maximum absolute atomic E-state index is 12.5. The first-order chi connectivity index (χ1) is 9.07. The summed E-state index contributed by atoms with van der Waals surface area (Å²) < 4.78 is 0.905. The van der Waals surface area contributed by atoms with Crippen LogP contribution in [0, 0.1) is 5.41 Å². The summed E-state index contributed by atoms with van der Waals surface area (Å²) in [5, 5.41) is 6.84. The van der Waals surface area contributed by atoms with Crippen LogP contribution in [0.3, 0.4) is 0 Å². The van der Waals surface area contributed by atoms with Crippen LogP contribution < -0.4 is 10.6 Å². The van der Waals surface area contributed by atoms with Crippen molar-refractivity contribution in [1.29, 1.82) is 0 Å². The van der Waals surface area contributed by atoms with Crippen molar-refractivity contribution in [2.45, 2.75) is 26.2 Å². The molecule has 1 aliphatic heterocycles. The van der Waals surface area contributed by atoms with Gasteiger partial charge in [-0.05, 0) is 50.6 Å². The van der Waals surface area contributed by atoms with Gasteiger partial charge in [0.25, 0.3) is 0 Å². The van der Waals surface area contributed by atoms with Gasteiger partial charge in [-0.25, -0.2) is 0 Å². The van der Waals surface area contributed by atoms with Gasteiger partial charge in [0.2, 0.25) is 5.91 Å². The smallest absolute Gasteiger partial charge is 0.230 e. The first-order valence-corrected chi connectivity index (χ1v) is 7.72. The molecule has 0 spiro atoms. The Kier molecular flexibility index (Phi) is 4.87. The molecular formula is C14H18BrClN2O. The van der Waals surface area contributed by atoms with Crippen LogP contribution in [0.2, 0.25) is 5.02 Å². The summed E-state index contributed by atoms with van der Waals surface area (Å²) in [5.74, 6) is 0.0840. The molecule has 1 amide bonds. The molecule has 3 nitrogen and oxygen atoms in total. The standard InChI is InChI=1S/C14H18BrClN2O/c1-2-14(5-7-17-8-6-14)13(19)18-12-4-3-10(15)9-11(12)16/h3-4,9,17H,2,5-8H2,1H3,(H,18,19). The molecule has 19 heavy (non-hydrogen) atoms. The maximum atomic E-state index is 12.5. The number of nitrogens with one attached hydrogen (secondary N) is 2. The van der Waals surface area contributed by atoms with Crippen LogP contribution in [0.5, 0.6) is 0 Å². The highest BCUT2D eigenvalue weighted by atomic mass is 79.9. The van der Waals surface area contributed by atoms with E-state index in [1.807, 2.05) is 12.1 Å². The van der Waals surface area contributed by atoms with Crippen LogP contribution in [-0.2, 0) is 4.79 Å². The Morgan fingerprint density at radius 1 is 1.47 bits per heavy atom. The van der Waals surface area contributed by atoms with Gasteiger partial charge in [0, 0.05) is 4.47 Å². The maximum Gasteiger partial charge on any atom is 0.230 e. The Hall–Kier alpha value is -0.580. The van der Waals surface area contributed by atoms with Gasteiger partial charge >= 0.3 is 0 Å². The third kappa shape index (κ3) is 3.30. The molecule has 0 aromatic heterocycles. The van der Waals surface area contributed by atoms with Crippen molar-refractivity contribution < 1.29 is 4.79 Å². The van der Waals surface area contributed by atoms with Gasteiger partial charge in [0.1, 0.15) is 0 Å². The van der Waals surface area contributed by atoms with Gasteiger partial charge in [-0.2, -0.15) is 0 Å². The predicted molar refractivity (Wildman–Crippen MR) is 82.6 cm³/mol. The lowest BCUT2D eigenvalue weighted by Gasteiger charge is -2.35. The third-order valence-electron chi connectivity index (χ3n) is 3.90. The van der Waals surface area contributed by atoms with E-state index in [4.69, 9.17) is 11.6 Å². The van der Waals surface area contributed by atoms with E-state index >= 15 is 0 Å². The van der Waals surface area contributed by atoms with Crippen molar-refractivity contribution in [3.8, 4) is 0 Å². The van der Waals surface area contributed by atoms with Crippen molar-refractivity contribution in [1.82, 2.24) is 5.32 Å². The molecule has 0 aliphatic carbocycles. The molecule has 5 heteroatoms. The molecule has 0 atom stereocenters. The van der Waals surface area contributed by atoms with Crippen molar-refractivity contribution in [3.05, 3.63) is 27.7 Å². The summed E-state index contributed by atoms with van der Waals surface area (Å²) in [7, 11) is 0.